The first-order chi connectivity index (χ1) is 8.54. The molecule has 1 aromatic heterocycles. The molecule has 0 aromatic carbocycles. The van der Waals surface area contributed by atoms with Crippen LogP contribution in [0.2, 0.25) is 0 Å². The Hall–Kier alpha value is -1.11. The lowest BCUT2D eigenvalue weighted by Crippen LogP contribution is -2.51. The lowest BCUT2D eigenvalue weighted by molar-refractivity contribution is -0.134. The van der Waals surface area contributed by atoms with Gasteiger partial charge in [-0.2, -0.15) is 0 Å². The van der Waals surface area contributed by atoms with Crippen molar-refractivity contribution < 1.29 is 9.53 Å². The number of hydrogen-bond donors (Lipinski definition) is 1. The van der Waals surface area contributed by atoms with E-state index in [1.165, 1.54) is 18.9 Å². The van der Waals surface area contributed by atoms with Crippen LogP contribution in [-0.2, 0) is 9.53 Å². The molecule has 1 rings (SSSR count). The summed E-state index contributed by atoms with van der Waals surface area (Å²) in [6, 6.07) is 5.58. The molecular formula is C12H19N3O2S. The van der Waals surface area contributed by atoms with Crippen molar-refractivity contribution in [2.45, 2.75) is 9.96 Å². The van der Waals surface area contributed by atoms with Crippen LogP contribution in [0.1, 0.15) is 0 Å². The highest BCUT2D eigenvalue weighted by atomic mass is 32.2. The monoisotopic (exact) mass is 269 g/mol. The molecule has 0 fully saturated rings. The molecule has 1 unspecified atom stereocenters. The van der Waals surface area contributed by atoms with Crippen LogP contribution < -0.4 is 5.32 Å². The molecule has 0 saturated heterocycles. The fourth-order valence-electron chi connectivity index (χ4n) is 1.53. The first-order valence-corrected chi connectivity index (χ1v) is 6.38. The molecule has 18 heavy (non-hydrogen) atoms. The van der Waals surface area contributed by atoms with Gasteiger partial charge >= 0.3 is 0 Å². The zero-order valence-corrected chi connectivity index (χ0v) is 12.0. The predicted octanol–water partition coefficient (Wildman–Crippen LogP) is 0.824. The lowest BCUT2D eigenvalue weighted by Gasteiger charge is -2.31. The fraction of sp³-hybridized carbons (Fsp3) is 0.500. The summed E-state index contributed by atoms with van der Waals surface area (Å²) in [6.45, 7) is 0.463. The minimum atomic E-state index is -0.993. The van der Waals surface area contributed by atoms with Gasteiger partial charge in [0.1, 0.15) is 0 Å². The van der Waals surface area contributed by atoms with E-state index in [0.29, 0.717) is 6.54 Å². The van der Waals surface area contributed by atoms with E-state index in [9.17, 15) is 4.79 Å². The Morgan fingerprint density at radius 1 is 1.56 bits per heavy atom. The third-order valence-electron chi connectivity index (χ3n) is 2.33. The number of hydrogen-bond acceptors (Lipinski definition) is 5. The lowest BCUT2D eigenvalue weighted by atomic mass is 10.3. The van der Waals surface area contributed by atoms with Gasteiger partial charge in [0, 0.05) is 26.9 Å². The van der Waals surface area contributed by atoms with Crippen molar-refractivity contribution in [2.24, 2.45) is 0 Å². The SMILES string of the molecule is CNC(=O)C(CN(C)C)(OC)Sc1ccccn1. The zero-order valence-electron chi connectivity index (χ0n) is 11.1. The van der Waals surface area contributed by atoms with Crippen molar-refractivity contribution in [3.8, 4) is 0 Å². The van der Waals surface area contributed by atoms with Gasteiger partial charge in [0.05, 0.1) is 5.03 Å². The van der Waals surface area contributed by atoms with E-state index >= 15 is 0 Å². The van der Waals surface area contributed by atoms with E-state index in [1.54, 1.807) is 13.2 Å². The van der Waals surface area contributed by atoms with E-state index in [0.717, 1.165) is 5.03 Å². The van der Waals surface area contributed by atoms with E-state index in [-0.39, 0.29) is 5.91 Å². The van der Waals surface area contributed by atoms with Gasteiger partial charge in [-0.05, 0) is 26.2 Å². The van der Waals surface area contributed by atoms with Gasteiger partial charge in [-0.25, -0.2) is 4.98 Å². The molecule has 0 aliphatic carbocycles. The molecular weight excluding hydrogens is 250 g/mol. The average Bonchev–Trinajstić information content (AvgIpc) is 2.37. The molecule has 0 spiro atoms. The molecule has 1 atom stereocenters. The molecule has 1 heterocycles. The normalized spacial score (nSPS) is 14.3. The maximum absolute atomic E-state index is 12.1. The summed E-state index contributed by atoms with van der Waals surface area (Å²) in [5.74, 6) is -0.172. The van der Waals surface area contributed by atoms with Crippen molar-refractivity contribution in [1.82, 2.24) is 15.2 Å². The van der Waals surface area contributed by atoms with Crippen LogP contribution in [0.4, 0.5) is 0 Å². The highest BCUT2D eigenvalue weighted by Crippen LogP contribution is 2.33. The number of pyridine rings is 1. The third-order valence-corrected chi connectivity index (χ3v) is 3.60. The van der Waals surface area contributed by atoms with Gasteiger partial charge in [0.2, 0.25) is 4.93 Å². The molecule has 1 N–H and O–H groups in total. The summed E-state index contributed by atoms with van der Waals surface area (Å²) >= 11 is 1.31. The largest absolute Gasteiger partial charge is 0.357 e. The molecule has 0 radical (unpaired) electrons. The number of rotatable bonds is 6. The maximum atomic E-state index is 12.1. The summed E-state index contributed by atoms with van der Waals surface area (Å²) in [7, 11) is 6.94. The highest BCUT2D eigenvalue weighted by Gasteiger charge is 2.40. The van der Waals surface area contributed by atoms with E-state index in [4.69, 9.17) is 4.74 Å². The Morgan fingerprint density at radius 3 is 2.72 bits per heavy atom. The first-order valence-electron chi connectivity index (χ1n) is 5.56. The van der Waals surface area contributed by atoms with Gasteiger partial charge < -0.3 is 15.0 Å². The van der Waals surface area contributed by atoms with Crippen molar-refractivity contribution >= 4 is 17.7 Å². The molecule has 0 saturated carbocycles. The van der Waals surface area contributed by atoms with Gasteiger partial charge in [-0.3, -0.25) is 4.79 Å². The van der Waals surface area contributed by atoms with Crippen molar-refractivity contribution in [3.63, 3.8) is 0 Å². The number of nitrogens with zero attached hydrogens (tertiary/aromatic N) is 2. The maximum Gasteiger partial charge on any atom is 0.264 e. The van der Waals surface area contributed by atoms with Crippen molar-refractivity contribution in [2.75, 3.05) is 34.8 Å². The van der Waals surface area contributed by atoms with Crippen LogP contribution in [0.15, 0.2) is 29.4 Å². The summed E-state index contributed by atoms with van der Waals surface area (Å²) < 4.78 is 5.47. The molecule has 1 aromatic rings. The smallest absolute Gasteiger partial charge is 0.264 e. The number of ether oxygens (including phenoxy) is 1. The summed E-state index contributed by atoms with van der Waals surface area (Å²) in [4.78, 5) is 17.2. The number of thioether (sulfide) groups is 1. The first kappa shape index (κ1) is 14.9. The fourth-order valence-corrected chi connectivity index (χ4v) is 2.73. The van der Waals surface area contributed by atoms with E-state index in [1.807, 2.05) is 37.2 Å². The van der Waals surface area contributed by atoms with E-state index < -0.39 is 4.93 Å². The number of methoxy groups -OCH3 is 1. The minimum absolute atomic E-state index is 0.172. The summed E-state index contributed by atoms with van der Waals surface area (Å²) in [6.07, 6.45) is 1.70. The zero-order chi connectivity index (χ0) is 13.6. The van der Waals surface area contributed by atoms with Gasteiger partial charge in [-0.15, -0.1) is 0 Å². The number of likely N-dealkylation sites (N-methyl/N-ethyl adjacent to an activating group) is 2. The highest BCUT2D eigenvalue weighted by molar-refractivity contribution is 8.01. The van der Waals surface area contributed by atoms with Crippen molar-refractivity contribution in [1.29, 1.82) is 0 Å². The Labute approximate surface area is 112 Å². The van der Waals surface area contributed by atoms with E-state index in [2.05, 4.69) is 10.3 Å². The molecule has 0 aliphatic rings. The molecule has 0 bridgehead atoms. The number of aromatic nitrogens is 1. The second-order valence-corrected chi connectivity index (χ2v) is 5.33. The molecule has 5 nitrogen and oxygen atoms in total. The predicted molar refractivity (Wildman–Crippen MR) is 72.5 cm³/mol. The second kappa shape index (κ2) is 6.72. The van der Waals surface area contributed by atoms with Crippen LogP contribution in [0.5, 0.6) is 0 Å². The number of carbonyl (C=O) groups excluding carboxylic acids is 1. The Kier molecular flexibility index (Phi) is 5.58. The van der Waals surface area contributed by atoms with Crippen LogP contribution in [0.3, 0.4) is 0 Å². The van der Waals surface area contributed by atoms with Gasteiger partial charge in [0.15, 0.2) is 0 Å². The van der Waals surface area contributed by atoms with Crippen LogP contribution >= 0.6 is 11.8 Å². The Morgan fingerprint density at radius 2 is 2.28 bits per heavy atom. The summed E-state index contributed by atoms with van der Waals surface area (Å²) in [5.41, 5.74) is 0. The molecule has 1 amide bonds. The molecule has 6 heteroatoms. The molecule has 100 valence electrons. The number of amides is 1. The topological polar surface area (TPSA) is 54.5 Å². The standard InChI is InChI=1S/C12H19N3O2S/c1-13-11(16)12(17-4,9-15(2)3)18-10-7-5-6-8-14-10/h5-8H,9H2,1-4H3,(H,13,16). The Balaban J connectivity index is 2.99. The number of nitrogens with one attached hydrogen (secondary N) is 1. The Bertz CT molecular complexity index is 386. The van der Waals surface area contributed by atoms with Crippen LogP contribution in [0.25, 0.3) is 0 Å². The van der Waals surface area contributed by atoms with Crippen LogP contribution in [0, 0.1) is 0 Å². The third kappa shape index (κ3) is 3.69. The molecule has 0 aliphatic heterocycles. The quantitative estimate of drug-likeness (QED) is 0.612. The number of carbonyl (C=O) groups is 1. The minimum Gasteiger partial charge on any atom is -0.357 e. The van der Waals surface area contributed by atoms with Gasteiger partial charge in [0.25, 0.3) is 5.91 Å². The average molecular weight is 269 g/mol. The van der Waals surface area contributed by atoms with Crippen molar-refractivity contribution in [3.05, 3.63) is 24.4 Å². The summed E-state index contributed by atoms with van der Waals surface area (Å²) in [5, 5.41) is 3.40. The van der Waals surface area contributed by atoms with Gasteiger partial charge in [-0.1, -0.05) is 17.8 Å². The van der Waals surface area contributed by atoms with Crippen LogP contribution in [-0.4, -0.2) is 55.5 Å². The second-order valence-electron chi connectivity index (χ2n) is 4.04.